The smallest absolute Gasteiger partial charge is 0.329 e. The molecule has 0 aromatic carbocycles. The molecule has 16 heavy (non-hydrogen) atoms. The van der Waals surface area contributed by atoms with E-state index in [0.717, 1.165) is 0 Å². The van der Waals surface area contributed by atoms with Gasteiger partial charge in [-0.15, -0.1) is 0 Å². The standard InChI is InChI=1S/C10H10N4O2/c1-6-4-7(5-11)13-9(12-6)14-10(2-3-10)8(15)16/h4H,2-3H2,1H3,(H,15,16)(H,12,13,14). The van der Waals surface area contributed by atoms with Gasteiger partial charge in [-0.25, -0.2) is 14.8 Å². The van der Waals surface area contributed by atoms with Gasteiger partial charge in [-0.2, -0.15) is 5.26 Å². The van der Waals surface area contributed by atoms with Gasteiger partial charge < -0.3 is 10.4 Å². The first kappa shape index (κ1) is 10.4. The second-order valence-corrected chi connectivity index (χ2v) is 3.84. The van der Waals surface area contributed by atoms with Crippen molar-refractivity contribution in [3.05, 3.63) is 17.5 Å². The van der Waals surface area contributed by atoms with Crippen LogP contribution in [0.3, 0.4) is 0 Å². The molecule has 1 heterocycles. The third kappa shape index (κ3) is 1.80. The van der Waals surface area contributed by atoms with Gasteiger partial charge in [-0.1, -0.05) is 0 Å². The Morgan fingerprint density at radius 2 is 2.31 bits per heavy atom. The van der Waals surface area contributed by atoms with Gasteiger partial charge in [0.05, 0.1) is 0 Å². The number of rotatable bonds is 3. The molecule has 0 atom stereocenters. The van der Waals surface area contributed by atoms with Gasteiger partial charge in [0.2, 0.25) is 5.95 Å². The molecule has 1 saturated carbocycles. The molecule has 0 aliphatic heterocycles. The number of aryl methyl sites for hydroxylation is 1. The van der Waals surface area contributed by atoms with Crippen molar-refractivity contribution in [2.45, 2.75) is 25.3 Å². The Balaban J connectivity index is 2.26. The number of carboxylic acid groups (broad SMARTS) is 1. The monoisotopic (exact) mass is 218 g/mol. The number of anilines is 1. The molecule has 0 spiro atoms. The summed E-state index contributed by atoms with van der Waals surface area (Å²) in [6.45, 7) is 1.73. The van der Waals surface area contributed by atoms with E-state index >= 15 is 0 Å². The first-order chi connectivity index (χ1) is 7.55. The number of aromatic nitrogens is 2. The van der Waals surface area contributed by atoms with E-state index in [1.165, 1.54) is 0 Å². The number of carbonyl (C=O) groups is 1. The minimum absolute atomic E-state index is 0.205. The van der Waals surface area contributed by atoms with E-state index < -0.39 is 11.5 Å². The van der Waals surface area contributed by atoms with E-state index in [4.69, 9.17) is 10.4 Å². The zero-order chi connectivity index (χ0) is 11.8. The lowest BCUT2D eigenvalue weighted by molar-refractivity contribution is -0.138. The highest BCUT2D eigenvalue weighted by Crippen LogP contribution is 2.38. The van der Waals surface area contributed by atoms with E-state index in [9.17, 15) is 4.79 Å². The number of carboxylic acids is 1. The Labute approximate surface area is 92.0 Å². The molecule has 2 rings (SSSR count). The summed E-state index contributed by atoms with van der Waals surface area (Å²) in [6, 6.07) is 3.45. The third-order valence-electron chi connectivity index (χ3n) is 2.48. The average molecular weight is 218 g/mol. The topological polar surface area (TPSA) is 98.9 Å². The van der Waals surface area contributed by atoms with Crippen LogP contribution in [0.25, 0.3) is 0 Å². The fourth-order valence-electron chi connectivity index (χ4n) is 1.41. The zero-order valence-corrected chi connectivity index (χ0v) is 8.69. The number of nitriles is 1. The molecule has 1 aromatic heterocycles. The van der Waals surface area contributed by atoms with Gasteiger partial charge in [0.1, 0.15) is 17.3 Å². The average Bonchev–Trinajstić information content (AvgIpc) is 2.98. The van der Waals surface area contributed by atoms with Gasteiger partial charge in [0.25, 0.3) is 0 Å². The normalized spacial score (nSPS) is 16.2. The molecule has 0 unspecified atom stereocenters. The molecule has 0 bridgehead atoms. The van der Waals surface area contributed by atoms with Gasteiger partial charge in [0.15, 0.2) is 0 Å². The molecule has 0 saturated heterocycles. The number of nitrogens with zero attached hydrogens (tertiary/aromatic N) is 3. The minimum Gasteiger partial charge on any atom is -0.480 e. The van der Waals surface area contributed by atoms with Crippen LogP contribution in [0.15, 0.2) is 6.07 Å². The number of nitrogens with one attached hydrogen (secondary N) is 1. The summed E-state index contributed by atoms with van der Waals surface area (Å²) in [4.78, 5) is 18.9. The summed E-state index contributed by atoms with van der Waals surface area (Å²) < 4.78 is 0. The van der Waals surface area contributed by atoms with Gasteiger partial charge in [0, 0.05) is 5.69 Å². The van der Waals surface area contributed by atoms with Crippen LogP contribution in [0.4, 0.5) is 5.95 Å². The quantitative estimate of drug-likeness (QED) is 0.774. The molecular formula is C10H10N4O2. The first-order valence-corrected chi connectivity index (χ1v) is 4.83. The Hall–Kier alpha value is -2.16. The Bertz CT molecular complexity index is 488. The minimum atomic E-state index is -0.930. The Kier molecular flexibility index (Phi) is 2.23. The maximum absolute atomic E-state index is 10.9. The van der Waals surface area contributed by atoms with Crippen molar-refractivity contribution in [3.63, 3.8) is 0 Å². The lowest BCUT2D eigenvalue weighted by atomic mass is 10.3. The fraction of sp³-hybridized carbons (Fsp3) is 0.400. The molecule has 1 aromatic rings. The molecule has 1 aliphatic carbocycles. The first-order valence-electron chi connectivity index (χ1n) is 4.83. The molecule has 1 fully saturated rings. The summed E-state index contributed by atoms with van der Waals surface area (Å²) >= 11 is 0. The second kappa shape index (κ2) is 3.45. The largest absolute Gasteiger partial charge is 0.480 e. The predicted octanol–water partition coefficient (Wildman–Crippen LogP) is 0.686. The van der Waals surface area contributed by atoms with Crippen LogP contribution < -0.4 is 5.32 Å². The fourth-order valence-corrected chi connectivity index (χ4v) is 1.41. The van der Waals surface area contributed by atoms with Crippen LogP contribution >= 0.6 is 0 Å². The van der Waals surface area contributed by atoms with E-state index in [1.54, 1.807) is 13.0 Å². The lowest BCUT2D eigenvalue weighted by Gasteiger charge is -2.12. The highest BCUT2D eigenvalue weighted by Gasteiger charge is 2.51. The maximum atomic E-state index is 10.9. The number of aliphatic carboxylic acids is 1. The molecule has 0 radical (unpaired) electrons. The van der Waals surface area contributed by atoms with Crippen LogP contribution in [0.2, 0.25) is 0 Å². The van der Waals surface area contributed by atoms with Crippen LogP contribution in [0, 0.1) is 18.3 Å². The summed E-state index contributed by atoms with van der Waals surface area (Å²) in [5.41, 5.74) is -0.0630. The van der Waals surface area contributed by atoms with Gasteiger partial charge >= 0.3 is 5.97 Å². The van der Waals surface area contributed by atoms with Crippen molar-refractivity contribution in [1.82, 2.24) is 9.97 Å². The highest BCUT2D eigenvalue weighted by molar-refractivity contribution is 5.85. The molecule has 2 N–H and O–H groups in total. The van der Waals surface area contributed by atoms with Crippen LogP contribution in [0.5, 0.6) is 0 Å². The molecule has 0 amide bonds. The highest BCUT2D eigenvalue weighted by atomic mass is 16.4. The molecule has 6 nitrogen and oxygen atoms in total. The van der Waals surface area contributed by atoms with Crippen LogP contribution in [-0.2, 0) is 4.79 Å². The van der Waals surface area contributed by atoms with Crippen molar-refractivity contribution in [2.24, 2.45) is 0 Å². The maximum Gasteiger partial charge on any atom is 0.329 e. The summed E-state index contributed by atoms with van der Waals surface area (Å²) in [6.07, 6.45) is 1.11. The Morgan fingerprint density at radius 1 is 1.62 bits per heavy atom. The molecule has 82 valence electrons. The van der Waals surface area contributed by atoms with Crippen molar-refractivity contribution in [1.29, 1.82) is 5.26 Å². The molecular weight excluding hydrogens is 208 g/mol. The van der Waals surface area contributed by atoms with Gasteiger partial charge in [-0.3, -0.25) is 0 Å². The van der Waals surface area contributed by atoms with Crippen LogP contribution in [-0.4, -0.2) is 26.6 Å². The zero-order valence-electron chi connectivity index (χ0n) is 8.69. The Morgan fingerprint density at radius 3 is 2.81 bits per heavy atom. The SMILES string of the molecule is Cc1cc(C#N)nc(NC2(C(=O)O)CC2)n1. The third-order valence-corrected chi connectivity index (χ3v) is 2.48. The van der Waals surface area contributed by atoms with E-state index in [2.05, 4.69) is 15.3 Å². The van der Waals surface area contributed by atoms with E-state index in [-0.39, 0.29) is 11.6 Å². The van der Waals surface area contributed by atoms with E-state index in [0.29, 0.717) is 18.5 Å². The van der Waals surface area contributed by atoms with Crippen molar-refractivity contribution < 1.29 is 9.90 Å². The van der Waals surface area contributed by atoms with Gasteiger partial charge in [-0.05, 0) is 25.8 Å². The van der Waals surface area contributed by atoms with E-state index in [1.807, 2.05) is 6.07 Å². The van der Waals surface area contributed by atoms with Crippen molar-refractivity contribution in [3.8, 4) is 6.07 Å². The number of hydrogen-bond donors (Lipinski definition) is 2. The summed E-state index contributed by atoms with van der Waals surface area (Å²) in [5.74, 6) is -0.701. The molecule has 1 aliphatic rings. The molecule has 6 heteroatoms. The van der Waals surface area contributed by atoms with Crippen LogP contribution in [0.1, 0.15) is 24.2 Å². The van der Waals surface area contributed by atoms with Crippen molar-refractivity contribution >= 4 is 11.9 Å². The predicted molar refractivity (Wildman–Crippen MR) is 54.7 cm³/mol. The summed E-state index contributed by atoms with van der Waals surface area (Å²) in [7, 11) is 0. The van der Waals surface area contributed by atoms with Crippen molar-refractivity contribution in [2.75, 3.05) is 5.32 Å². The lowest BCUT2D eigenvalue weighted by Crippen LogP contribution is -2.32. The number of hydrogen-bond acceptors (Lipinski definition) is 5. The second-order valence-electron chi connectivity index (χ2n) is 3.84. The summed E-state index contributed by atoms with van der Waals surface area (Å²) in [5, 5.41) is 20.5.